The van der Waals surface area contributed by atoms with Gasteiger partial charge < -0.3 is 9.88 Å². The molecule has 108 valence electrons. The molecule has 2 rings (SSSR count). The third-order valence-corrected chi connectivity index (χ3v) is 3.50. The topological polar surface area (TPSA) is 64.7 Å². The standard InChI is InChI=1S/C14H21N5O/c1-11-4-6-17-19(11)8-5-14(20)15-7-9-18-10-16-12(2)13(18)3/h4,6,10H,5,7-9H2,1-3H3,(H,15,20). The molecule has 0 radical (unpaired) electrons. The van der Waals surface area contributed by atoms with Crippen molar-refractivity contribution in [2.24, 2.45) is 0 Å². The molecule has 0 bridgehead atoms. The lowest BCUT2D eigenvalue weighted by molar-refractivity contribution is -0.121. The van der Waals surface area contributed by atoms with Crippen LogP contribution < -0.4 is 5.32 Å². The molecule has 6 heteroatoms. The number of imidazole rings is 1. The molecule has 6 nitrogen and oxygen atoms in total. The summed E-state index contributed by atoms with van der Waals surface area (Å²) in [7, 11) is 0. The number of amides is 1. The van der Waals surface area contributed by atoms with Gasteiger partial charge in [-0.15, -0.1) is 0 Å². The molecular weight excluding hydrogens is 254 g/mol. The van der Waals surface area contributed by atoms with Crippen molar-refractivity contribution in [3.8, 4) is 0 Å². The first-order chi connectivity index (χ1) is 9.58. The Morgan fingerprint density at radius 3 is 2.70 bits per heavy atom. The van der Waals surface area contributed by atoms with Crippen LogP contribution in [-0.2, 0) is 17.9 Å². The summed E-state index contributed by atoms with van der Waals surface area (Å²) < 4.78 is 3.89. The van der Waals surface area contributed by atoms with Crippen molar-refractivity contribution in [1.82, 2.24) is 24.6 Å². The highest BCUT2D eigenvalue weighted by molar-refractivity contribution is 5.75. The van der Waals surface area contributed by atoms with Crippen molar-refractivity contribution >= 4 is 5.91 Å². The zero-order valence-corrected chi connectivity index (χ0v) is 12.3. The molecule has 20 heavy (non-hydrogen) atoms. The highest BCUT2D eigenvalue weighted by atomic mass is 16.1. The molecule has 0 aromatic carbocycles. The maximum atomic E-state index is 11.8. The van der Waals surface area contributed by atoms with Crippen molar-refractivity contribution in [3.63, 3.8) is 0 Å². The Labute approximate surface area is 118 Å². The van der Waals surface area contributed by atoms with E-state index in [1.54, 1.807) is 6.20 Å². The molecule has 0 aliphatic heterocycles. The minimum atomic E-state index is 0.0504. The average molecular weight is 275 g/mol. The van der Waals surface area contributed by atoms with Crippen molar-refractivity contribution in [1.29, 1.82) is 0 Å². The molecule has 1 amide bonds. The van der Waals surface area contributed by atoms with Crippen LogP contribution in [0.2, 0.25) is 0 Å². The maximum Gasteiger partial charge on any atom is 0.221 e. The van der Waals surface area contributed by atoms with Crippen LogP contribution in [0.3, 0.4) is 0 Å². The average Bonchev–Trinajstić information content (AvgIpc) is 2.97. The third kappa shape index (κ3) is 3.46. The van der Waals surface area contributed by atoms with Crippen LogP contribution in [0.1, 0.15) is 23.5 Å². The molecule has 0 spiro atoms. The number of carbonyl (C=O) groups excluding carboxylic acids is 1. The predicted octanol–water partition coefficient (Wildman–Crippen LogP) is 1.21. The summed E-state index contributed by atoms with van der Waals surface area (Å²) in [4.78, 5) is 16.0. The van der Waals surface area contributed by atoms with Crippen LogP contribution in [0.4, 0.5) is 0 Å². The quantitative estimate of drug-likeness (QED) is 0.862. The molecule has 2 heterocycles. The molecule has 2 aromatic heterocycles. The SMILES string of the molecule is Cc1ncn(CCNC(=O)CCn2nccc2C)c1C. The van der Waals surface area contributed by atoms with E-state index in [-0.39, 0.29) is 5.91 Å². The van der Waals surface area contributed by atoms with E-state index in [1.165, 1.54) is 0 Å². The number of carbonyl (C=O) groups is 1. The predicted molar refractivity (Wildman–Crippen MR) is 76.3 cm³/mol. The van der Waals surface area contributed by atoms with E-state index in [2.05, 4.69) is 15.4 Å². The van der Waals surface area contributed by atoms with Crippen molar-refractivity contribution in [2.45, 2.75) is 40.3 Å². The fourth-order valence-electron chi connectivity index (χ4n) is 2.01. The molecule has 0 saturated heterocycles. The van der Waals surface area contributed by atoms with E-state index in [0.29, 0.717) is 19.5 Å². The molecule has 1 N–H and O–H groups in total. The number of nitrogens with zero attached hydrogens (tertiary/aromatic N) is 4. The van der Waals surface area contributed by atoms with E-state index in [0.717, 1.165) is 23.6 Å². The second kappa shape index (κ2) is 6.36. The number of aromatic nitrogens is 4. The number of nitrogens with one attached hydrogen (secondary N) is 1. The fourth-order valence-corrected chi connectivity index (χ4v) is 2.01. The molecule has 0 aliphatic rings. The van der Waals surface area contributed by atoms with Crippen LogP contribution in [-0.4, -0.2) is 31.8 Å². The Kier molecular flexibility index (Phi) is 4.55. The summed E-state index contributed by atoms with van der Waals surface area (Å²) >= 11 is 0. The Morgan fingerprint density at radius 1 is 1.30 bits per heavy atom. The number of rotatable bonds is 6. The summed E-state index contributed by atoms with van der Waals surface area (Å²) in [5.74, 6) is 0.0504. The summed E-state index contributed by atoms with van der Waals surface area (Å²) in [5.41, 5.74) is 3.25. The van der Waals surface area contributed by atoms with Gasteiger partial charge in [0.05, 0.1) is 12.0 Å². The highest BCUT2D eigenvalue weighted by Crippen LogP contribution is 2.03. The van der Waals surface area contributed by atoms with Gasteiger partial charge in [-0.25, -0.2) is 4.98 Å². The summed E-state index contributed by atoms with van der Waals surface area (Å²) in [6, 6.07) is 1.93. The Bertz CT molecular complexity index is 584. The van der Waals surface area contributed by atoms with E-state index in [1.807, 2.05) is 42.4 Å². The molecule has 0 aliphatic carbocycles. The van der Waals surface area contributed by atoms with Gasteiger partial charge in [-0.05, 0) is 26.8 Å². The van der Waals surface area contributed by atoms with Crippen molar-refractivity contribution in [3.05, 3.63) is 35.7 Å². The minimum Gasteiger partial charge on any atom is -0.354 e. The fraction of sp³-hybridized carbons (Fsp3) is 0.500. The van der Waals surface area contributed by atoms with Gasteiger partial charge in [-0.2, -0.15) is 5.10 Å². The maximum absolute atomic E-state index is 11.8. The number of hydrogen-bond donors (Lipinski definition) is 1. The Morgan fingerprint density at radius 2 is 2.10 bits per heavy atom. The minimum absolute atomic E-state index is 0.0504. The summed E-state index contributed by atoms with van der Waals surface area (Å²) in [6.45, 7) is 7.98. The van der Waals surface area contributed by atoms with Gasteiger partial charge in [0, 0.05) is 43.6 Å². The van der Waals surface area contributed by atoms with Gasteiger partial charge >= 0.3 is 0 Å². The molecule has 0 unspecified atom stereocenters. The van der Waals surface area contributed by atoms with Gasteiger partial charge in [0.1, 0.15) is 0 Å². The van der Waals surface area contributed by atoms with E-state index < -0.39 is 0 Å². The van der Waals surface area contributed by atoms with Crippen molar-refractivity contribution in [2.75, 3.05) is 6.54 Å². The molecule has 0 fully saturated rings. The lowest BCUT2D eigenvalue weighted by atomic mass is 10.3. The van der Waals surface area contributed by atoms with Crippen LogP contribution in [0.5, 0.6) is 0 Å². The van der Waals surface area contributed by atoms with Crippen molar-refractivity contribution < 1.29 is 4.79 Å². The summed E-state index contributed by atoms with van der Waals surface area (Å²) in [6.07, 6.45) is 4.01. The zero-order chi connectivity index (χ0) is 14.5. The normalized spacial score (nSPS) is 10.8. The van der Waals surface area contributed by atoms with E-state index >= 15 is 0 Å². The smallest absolute Gasteiger partial charge is 0.221 e. The Hall–Kier alpha value is -2.11. The number of hydrogen-bond acceptors (Lipinski definition) is 3. The molecular formula is C14H21N5O. The van der Waals surface area contributed by atoms with E-state index in [9.17, 15) is 4.79 Å². The second-order valence-corrected chi connectivity index (χ2v) is 4.90. The largest absolute Gasteiger partial charge is 0.354 e. The first kappa shape index (κ1) is 14.3. The summed E-state index contributed by atoms with van der Waals surface area (Å²) in [5, 5.41) is 7.08. The van der Waals surface area contributed by atoms with Crippen LogP contribution in [0.25, 0.3) is 0 Å². The second-order valence-electron chi connectivity index (χ2n) is 4.90. The highest BCUT2D eigenvalue weighted by Gasteiger charge is 2.05. The first-order valence-electron chi connectivity index (χ1n) is 6.81. The van der Waals surface area contributed by atoms with Crippen LogP contribution in [0, 0.1) is 20.8 Å². The van der Waals surface area contributed by atoms with Gasteiger partial charge in [0.25, 0.3) is 0 Å². The van der Waals surface area contributed by atoms with Gasteiger partial charge in [0.15, 0.2) is 0 Å². The zero-order valence-electron chi connectivity index (χ0n) is 12.3. The van der Waals surface area contributed by atoms with Gasteiger partial charge in [0.2, 0.25) is 5.91 Å². The van der Waals surface area contributed by atoms with Gasteiger partial charge in [-0.3, -0.25) is 9.48 Å². The van der Waals surface area contributed by atoms with Crippen LogP contribution >= 0.6 is 0 Å². The number of aryl methyl sites for hydroxylation is 3. The van der Waals surface area contributed by atoms with Crippen LogP contribution in [0.15, 0.2) is 18.6 Å². The molecule has 2 aromatic rings. The Balaban J connectivity index is 1.70. The van der Waals surface area contributed by atoms with E-state index in [4.69, 9.17) is 0 Å². The molecule has 0 atom stereocenters. The lowest BCUT2D eigenvalue weighted by Crippen LogP contribution is -2.28. The van der Waals surface area contributed by atoms with Gasteiger partial charge in [-0.1, -0.05) is 0 Å². The first-order valence-corrected chi connectivity index (χ1v) is 6.81. The monoisotopic (exact) mass is 275 g/mol. The lowest BCUT2D eigenvalue weighted by Gasteiger charge is -2.08. The third-order valence-electron chi connectivity index (χ3n) is 3.50. The molecule has 0 saturated carbocycles.